The van der Waals surface area contributed by atoms with E-state index < -0.39 is 0 Å². The second-order valence-electron chi connectivity index (χ2n) is 4.69. The molecule has 0 saturated heterocycles. The van der Waals surface area contributed by atoms with Crippen molar-refractivity contribution in [1.29, 1.82) is 0 Å². The van der Waals surface area contributed by atoms with Crippen molar-refractivity contribution < 1.29 is 4.79 Å². The zero-order chi connectivity index (χ0) is 11.1. The number of unbranched alkanes of at least 4 members (excludes halogenated alkanes) is 3. The van der Waals surface area contributed by atoms with Gasteiger partial charge in [0.25, 0.3) is 0 Å². The molecule has 0 spiro atoms. The fourth-order valence-electron chi connectivity index (χ4n) is 2.53. The molecule has 0 amide bonds. The van der Waals surface area contributed by atoms with Gasteiger partial charge in [0, 0.05) is 12.2 Å². The van der Waals surface area contributed by atoms with Crippen molar-refractivity contribution in [3.05, 3.63) is 0 Å². The van der Waals surface area contributed by atoms with Crippen molar-refractivity contribution in [3.63, 3.8) is 0 Å². The van der Waals surface area contributed by atoms with E-state index in [4.69, 9.17) is 0 Å². The summed E-state index contributed by atoms with van der Waals surface area (Å²) in [5.41, 5.74) is 0. The molecular formula is C13H24OS. The topological polar surface area (TPSA) is 17.1 Å². The van der Waals surface area contributed by atoms with Crippen LogP contribution in [0.1, 0.15) is 65.2 Å². The Morgan fingerprint density at radius 2 is 2.07 bits per heavy atom. The predicted molar refractivity (Wildman–Crippen MR) is 68.2 cm³/mol. The van der Waals surface area contributed by atoms with Crippen LogP contribution in [0.15, 0.2) is 0 Å². The maximum atomic E-state index is 11.1. The van der Waals surface area contributed by atoms with E-state index in [9.17, 15) is 4.79 Å². The molecule has 1 aliphatic carbocycles. The van der Waals surface area contributed by atoms with Gasteiger partial charge in [-0.25, -0.2) is 0 Å². The molecule has 2 atom stereocenters. The van der Waals surface area contributed by atoms with E-state index in [0.717, 1.165) is 5.92 Å². The van der Waals surface area contributed by atoms with Crippen LogP contribution in [-0.4, -0.2) is 10.4 Å². The Labute approximate surface area is 98.4 Å². The fraction of sp³-hybridized carbons (Fsp3) is 0.923. The first-order valence-corrected chi connectivity index (χ1v) is 7.29. The fourth-order valence-corrected chi connectivity index (χ4v) is 3.71. The lowest BCUT2D eigenvalue weighted by Gasteiger charge is -2.17. The van der Waals surface area contributed by atoms with Crippen molar-refractivity contribution in [2.24, 2.45) is 5.92 Å². The zero-order valence-corrected chi connectivity index (χ0v) is 10.9. The van der Waals surface area contributed by atoms with Crippen LogP contribution in [0, 0.1) is 5.92 Å². The molecule has 0 heterocycles. The number of thioether (sulfide) groups is 1. The van der Waals surface area contributed by atoms with Gasteiger partial charge in [0.15, 0.2) is 5.12 Å². The Hall–Kier alpha value is 0.0200. The second-order valence-corrected chi connectivity index (χ2v) is 6.10. The minimum atomic E-state index is 0.306. The summed E-state index contributed by atoms with van der Waals surface area (Å²) in [6.45, 7) is 3.96. The quantitative estimate of drug-likeness (QED) is 0.627. The van der Waals surface area contributed by atoms with Crippen LogP contribution in [0.4, 0.5) is 0 Å². The molecule has 88 valence electrons. The molecule has 1 saturated carbocycles. The minimum absolute atomic E-state index is 0.306. The third kappa shape index (κ3) is 5.05. The average Bonchev–Trinajstić information content (AvgIpc) is 2.59. The Morgan fingerprint density at radius 3 is 2.73 bits per heavy atom. The lowest BCUT2D eigenvalue weighted by atomic mass is 9.99. The molecule has 0 aromatic heterocycles. The highest BCUT2D eigenvalue weighted by atomic mass is 32.2. The highest BCUT2D eigenvalue weighted by molar-refractivity contribution is 8.14. The summed E-state index contributed by atoms with van der Waals surface area (Å²) in [5.74, 6) is 0.829. The number of rotatable bonds is 6. The molecule has 2 heteroatoms. The van der Waals surface area contributed by atoms with Gasteiger partial charge in [-0.05, 0) is 25.2 Å². The van der Waals surface area contributed by atoms with Crippen LogP contribution < -0.4 is 0 Å². The summed E-state index contributed by atoms with van der Waals surface area (Å²) >= 11 is 1.60. The summed E-state index contributed by atoms with van der Waals surface area (Å²) < 4.78 is 0. The van der Waals surface area contributed by atoms with E-state index in [1.807, 2.05) is 0 Å². The van der Waals surface area contributed by atoms with Crippen LogP contribution in [-0.2, 0) is 4.79 Å². The third-order valence-corrected chi connectivity index (χ3v) is 4.59. The van der Waals surface area contributed by atoms with Crippen LogP contribution >= 0.6 is 11.8 Å². The van der Waals surface area contributed by atoms with Crippen molar-refractivity contribution in [1.82, 2.24) is 0 Å². The van der Waals surface area contributed by atoms with E-state index in [2.05, 4.69) is 6.92 Å². The number of hydrogen-bond acceptors (Lipinski definition) is 2. The summed E-state index contributed by atoms with van der Waals surface area (Å²) in [6, 6.07) is 0. The Bertz CT molecular complexity index is 191. The maximum absolute atomic E-state index is 11.1. The molecule has 2 unspecified atom stereocenters. The number of carbonyl (C=O) groups is 1. The van der Waals surface area contributed by atoms with Crippen molar-refractivity contribution in [2.45, 2.75) is 70.5 Å². The first kappa shape index (κ1) is 13.1. The molecule has 0 radical (unpaired) electrons. The first-order chi connectivity index (χ1) is 7.24. The average molecular weight is 228 g/mol. The van der Waals surface area contributed by atoms with Gasteiger partial charge in [-0.2, -0.15) is 0 Å². The third-order valence-electron chi connectivity index (χ3n) is 3.34. The van der Waals surface area contributed by atoms with Gasteiger partial charge in [0.2, 0.25) is 0 Å². The molecule has 0 aliphatic heterocycles. The summed E-state index contributed by atoms with van der Waals surface area (Å²) in [4.78, 5) is 11.1. The van der Waals surface area contributed by atoms with Gasteiger partial charge in [0.05, 0.1) is 0 Å². The van der Waals surface area contributed by atoms with E-state index in [-0.39, 0.29) is 0 Å². The van der Waals surface area contributed by atoms with E-state index >= 15 is 0 Å². The van der Waals surface area contributed by atoms with Gasteiger partial charge in [-0.3, -0.25) is 4.79 Å². The van der Waals surface area contributed by atoms with Crippen LogP contribution in [0.3, 0.4) is 0 Å². The van der Waals surface area contributed by atoms with Gasteiger partial charge in [0.1, 0.15) is 0 Å². The van der Waals surface area contributed by atoms with Crippen LogP contribution in [0.25, 0.3) is 0 Å². The number of carbonyl (C=O) groups excluding carboxylic acids is 1. The maximum Gasteiger partial charge on any atom is 0.186 e. The summed E-state index contributed by atoms with van der Waals surface area (Å²) in [6.07, 6.45) is 10.7. The summed E-state index contributed by atoms with van der Waals surface area (Å²) in [7, 11) is 0. The molecule has 0 aromatic carbocycles. The van der Waals surface area contributed by atoms with Gasteiger partial charge >= 0.3 is 0 Å². The van der Waals surface area contributed by atoms with Gasteiger partial charge in [-0.1, -0.05) is 50.8 Å². The highest BCUT2D eigenvalue weighted by Gasteiger charge is 2.28. The van der Waals surface area contributed by atoms with Crippen molar-refractivity contribution >= 4 is 16.9 Å². The molecule has 0 N–H and O–H groups in total. The first-order valence-electron chi connectivity index (χ1n) is 6.41. The largest absolute Gasteiger partial charge is 0.288 e. The zero-order valence-electron chi connectivity index (χ0n) is 10.1. The normalized spacial score (nSPS) is 25.7. The smallest absolute Gasteiger partial charge is 0.186 e. The molecule has 15 heavy (non-hydrogen) atoms. The minimum Gasteiger partial charge on any atom is -0.288 e. The summed E-state index contributed by atoms with van der Waals surface area (Å²) in [5, 5.41) is 0.949. The molecule has 0 bridgehead atoms. The van der Waals surface area contributed by atoms with Gasteiger partial charge in [-0.15, -0.1) is 0 Å². The Morgan fingerprint density at radius 1 is 1.27 bits per heavy atom. The monoisotopic (exact) mass is 228 g/mol. The molecule has 1 nitrogen and oxygen atoms in total. The van der Waals surface area contributed by atoms with Crippen LogP contribution in [0.5, 0.6) is 0 Å². The Balaban J connectivity index is 2.18. The molecule has 1 aliphatic rings. The van der Waals surface area contributed by atoms with Crippen molar-refractivity contribution in [2.75, 3.05) is 0 Å². The lowest BCUT2D eigenvalue weighted by Crippen LogP contribution is -2.11. The lowest BCUT2D eigenvalue weighted by molar-refractivity contribution is -0.109. The molecule has 1 rings (SSSR count). The Kier molecular flexibility index (Phi) is 6.39. The molecule has 0 aromatic rings. The SMILES string of the molecule is CCCCCCC1CCCC1SC(C)=O. The van der Waals surface area contributed by atoms with E-state index in [1.165, 1.54) is 51.4 Å². The highest BCUT2D eigenvalue weighted by Crippen LogP contribution is 2.38. The second kappa shape index (κ2) is 7.32. The molecular weight excluding hydrogens is 204 g/mol. The molecule has 1 fully saturated rings. The van der Waals surface area contributed by atoms with Crippen molar-refractivity contribution in [3.8, 4) is 0 Å². The van der Waals surface area contributed by atoms with Gasteiger partial charge < -0.3 is 0 Å². The van der Waals surface area contributed by atoms with E-state index in [1.54, 1.807) is 18.7 Å². The van der Waals surface area contributed by atoms with Crippen LogP contribution in [0.2, 0.25) is 0 Å². The van der Waals surface area contributed by atoms with E-state index in [0.29, 0.717) is 10.4 Å². The predicted octanol–water partition coefficient (Wildman–Crippen LogP) is 4.41. The standard InChI is InChI=1S/C13H24OS/c1-3-4-5-6-8-12-9-7-10-13(12)15-11(2)14/h12-13H,3-10H2,1-2H3. The number of hydrogen-bond donors (Lipinski definition) is 0.